The van der Waals surface area contributed by atoms with E-state index in [1.807, 2.05) is 73.5 Å². The van der Waals surface area contributed by atoms with E-state index in [1.165, 1.54) is 43.4 Å². The van der Waals surface area contributed by atoms with Crippen molar-refractivity contribution in [1.29, 1.82) is 0 Å². The highest BCUT2D eigenvalue weighted by molar-refractivity contribution is 7.64. The average Bonchev–Trinajstić information content (AvgIpc) is 3.44. The van der Waals surface area contributed by atoms with Crippen LogP contribution in [0.2, 0.25) is 0 Å². The van der Waals surface area contributed by atoms with Gasteiger partial charge in [0, 0.05) is 62.6 Å². The number of ether oxygens (including phenoxy) is 1. The van der Waals surface area contributed by atoms with E-state index in [-0.39, 0.29) is 6.16 Å². The monoisotopic (exact) mass is 726 g/mol. The Morgan fingerprint density at radius 1 is 0.898 bits per heavy atom. The van der Waals surface area contributed by atoms with E-state index < -0.39 is 33.5 Å². The minimum atomic E-state index is -3.49. The fourth-order valence-electron chi connectivity index (χ4n) is 4.82. The summed E-state index contributed by atoms with van der Waals surface area (Å²) >= 11 is 0. The second-order valence-corrected chi connectivity index (χ2v) is 18.1. The first-order valence-electron chi connectivity index (χ1n) is 15.9. The van der Waals surface area contributed by atoms with Crippen molar-refractivity contribution in [3.05, 3.63) is 59.2 Å². The van der Waals surface area contributed by atoms with Crippen molar-refractivity contribution in [3.8, 4) is 0 Å². The maximum absolute atomic E-state index is 12.3. The number of nitrogens with one attached hydrogen (secondary N) is 1. The van der Waals surface area contributed by atoms with Gasteiger partial charge in [0.05, 0.1) is 13.3 Å². The molecule has 0 aliphatic rings. The molecule has 1 heterocycles. The first-order valence-corrected chi connectivity index (χ1v) is 19.2. The number of para-hydroxylation sites is 1. The summed E-state index contributed by atoms with van der Waals surface area (Å²) in [6.45, 7) is 8.14. The normalized spacial score (nSPS) is 13.3. The molecular formula is C33H58N7O7P2+. The van der Waals surface area contributed by atoms with Gasteiger partial charge in [0.25, 0.3) is 0 Å². The van der Waals surface area contributed by atoms with Crippen LogP contribution in [0.15, 0.2) is 59.2 Å². The van der Waals surface area contributed by atoms with Crippen LogP contribution in [-0.4, -0.2) is 117 Å². The van der Waals surface area contributed by atoms with Crippen LogP contribution in [0.5, 0.6) is 0 Å². The van der Waals surface area contributed by atoms with Crippen LogP contribution in [0, 0.1) is 0 Å². The predicted molar refractivity (Wildman–Crippen MR) is 198 cm³/mol. The molecule has 0 aliphatic heterocycles. The summed E-state index contributed by atoms with van der Waals surface area (Å²) in [6.07, 6.45) is 9.14. The van der Waals surface area contributed by atoms with Crippen LogP contribution < -0.4 is 9.94 Å². The highest BCUT2D eigenvalue weighted by Crippen LogP contribution is 2.61. The molecule has 49 heavy (non-hydrogen) atoms. The third-order valence-electron chi connectivity index (χ3n) is 7.34. The summed E-state index contributed by atoms with van der Waals surface area (Å²) in [5.41, 5.74) is 5.20. The molecule has 14 nitrogen and oxygen atoms in total. The topological polar surface area (TPSA) is 141 Å². The molecule has 1 N–H and O–H groups in total. The molecule has 1 aromatic heterocycles. The Bertz CT molecular complexity index is 1450. The Morgan fingerprint density at radius 3 is 1.98 bits per heavy atom. The highest BCUT2D eigenvalue weighted by Gasteiger charge is 2.54. The lowest BCUT2D eigenvalue weighted by Crippen LogP contribution is -2.43. The standard InChI is InChI=1S/C21H36NO6P.C12H22N6OP/c1-16(2)10-8-11-17(3)12-9-13-18(4)14-20(23)22-19(21(24)26-5)15-29(25,27-6)28-7;1-15(2)20(16(3)4,17(5)6)19-18-12-10-8-7-9-11(12)13-14-18/h10,12,14,19H,8-9,11,13,15H2,1-7H3,(H,22,23);7-10H,1-6H3/q;+1/b17-12+,18-14+;/t19-;/m1./s1. The van der Waals surface area contributed by atoms with Crippen molar-refractivity contribution in [1.82, 2.24) is 34.5 Å². The smallest absolute Gasteiger partial charge is 0.449 e. The Labute approximate surface area is 293 Å². The quantitative estimate of drug-likeness (QED) is 0.0863. The molecule has 0 radical (unpaired) electrons. The number of benzene rings is 1. The predicted octanol–water partition coefficient (Wildman–Crippen LogP) is 5.77. The lowest BCUT2D eigenvalue weighted by Gasteiger charge is -2.35. The molecule has 0 fully saturated rings. The first-order chi connectivity index (χ1) is 23.0. The molecule has 0 saturated carbocycles. The van der Waals surface area contributed by atoms with Gasteiger partial charge in [0.1, 0.15) is 17.1 Å². The van der Waals surface area contributed by atoms with Gasteiger partial charge in [-0.25, -0.2) is 4.79 Å². The number of aromatic nitrogens is 3. The third-order valence-corrected chi connectivity index (χ3v) is 12.8. The SMILES string of the molecule is CN(C)[P+](On1nnc2ccccc21)(N(C)C)N(C)C.COC(=O)[C@@H](CP(=O)(OC)OC)NC(=O)/C=C(\C)CC/C=C(\C)CCC=C(C)C. The van der Waals surface area contributed by atoms with Gasteiger partial charge >= 0.3 is 21.5 Å². The number of methoxy groups -OCH3 is 1. The lowest BCUT2D eigenvalue weighted by atomic mass is 10.1. The molecule has 276 valence electrons. The van der Waals surface area contributed by atoms with Gasteiger partial charge in [-0.2, -0.15) is 4.62 Å². The Morgan fingerprint density at radius 2 is 1.45 bits per heavy atom. The number of carbonyl (C=O) groups excluding carboxylic acids is 2. The summed E-state index contributed by atoms with van der Waals surface area (Å²) in [7, 11) is 10.0. The van der Waals surface area contributed by atoms with Crippen molar-refractivity contribution in [2.75, 3.05) is 69.8 Å². The maximum Gasteiger partial charge on any atom is 0.449 e. The van der Waals surface area contributed by atoms with E-state index in [2.05, 4.69) is 67.3 Å². The number of allylic oxidation sites excluding steroid dienone is 5. The summed E-state index contributed by atoms with van der Waals surface area (Å²) in [5.74, 6) is -1.17. The van der Waals surface area contributed by atoms with Gasteiger partial charge in [-0.15, -0.1) is 19.1 Å². The second kappa shape index (κ2) is 21.3. The van der Waals surface area contributed by atoms with Gasteiger partial charge in [-0.05, 0) is 75.6 Å². The zero-order valence-corrected chi connectivity index (χ0v) is 33.4. The molecule has 1 aromatic carbocycles. The van der Waals surface area contributed by atoms with Gasteiger partial charge in [0.2, 0.25) is 5.91 Å². The molecule has 0 saturated heterocycles. The molecule has 2 rings (SSSR count). The Hall–Kier alpha value is -2.96. The fourth-order valence-corrected chi connectivity index (χ4v) is 8.87. The Balaban J connectivity index is 0.000000520. The van der Waals surface area contributed by atoms with Crippen molar-refractivity contribution >= 4 is 38.4 Å². The third kappa shape index (κ3) is 14.1. The van der Waals surface area contributed by atoms with E-state index in [9.17, 15) is 14.2 Å². The highest BCUT2D eigenvalue weighted by atomic mass is 31.2. The minimum Gasteiger partial charge on any atom is -0.467 e. The van der Waals surface area contributed by atoms with Crippen molar-refractivity contribution < 1.29 is 32.6 Å². The van der Waals surface area contributed by atoms with E-state index >= 15 is 0 Å². The number of rotatable bonds is 18. The summed E-state index contributed by atoms with van der Waals surface area (Å²) in [4.78, 5) is 25.7. The van der Waals surface area contributed by atoms with Crippen molar-refractivity contribution in [2.24, 2.45) is 0 Å². The summed E-state index contributed by atoms with van der Waals surface area (Å²) in [5, 5.41) is 10.8. The first kappa shape index (κ1) is 44.1. The van der Waals surface area contributed by atoms with Crippen LogP contribution in [0.3, 0.4) is 0 Å². The zero-order valence-electron chi connectivity index (χ0n) is 31.6. The Kier molecular flexibility index (Phi) is 19.2. The number of nitrogens with zero attached hydrogens (tertiary/aromatic N) is 6. The van der Waals surface area contributed by atoms with Gasteiger partial charge in [-0.1, -0.05) is 41.0 Å². The van der Waals surface area contributed by atoms with Gasteiger partial charge in [-0.3, -0.25) is 9.36 Å². The average molecular weight is 727 g/mol. The molecule has 0 bridgehead atoms. The molecular weight excluding hydrogens is 668 g/mol. The number of fused-ring (bicyclic) bond motifs is 1. The van der Waals surface area contributed by atoms with Crippen LogP contribution >= 0.6 is 15.5 Å². The summed E-state index contributed by atoms with van der Waals surface area (Å²) in [6, 6.07) is 6.63. The largest absolute Gasteiger partial charge is 0.467 e. The van der Waals surface area contributed by atoms with Crippen molar-refractivity contribution in [2.45, 2.75) is 59.4 Å². The molecule has 0 aliphatic carbocycles. The molecule has 16 heteroatoms. The number of hydrogen-bond donors (Lipinski definition) is 1. The molecule has 1 amide bonds. The summed E-state index contributed by atoms with van der Waals surface area (Å²) < 4.78 is 39.2. The van der Waals surface area contributed by atoms with Crippen LogP contribution in [-0.2, 0) is 27.9 Å². The molecule has 0 unspecified atom stereocenters. The van der Waals surface area contributed by atoms with E-state index in [0.29, 0.717) is 0 Å². The van der Waals surface area contributed by atoms with E-state index in [0.717, 1.165) is 42.3 Å². The number of carbonyl (C=O) groups is 2. The van der Waals surface area contributed by atoms with Crippen LogP contribution in [0.25, 0.3) is 11.0 Å². The molecule has 0 spiro atoms. The second-order valence-electron chi connectivity index (χ2n) is 12.2. The molecule has 2 aromatic rings. The zero-order chi connectivity index (χ0) is 37.4. The van der Waals surface area contributed by atoms with Crippen LogP contribution in [0.4, 0.5) is 0 Å². The van der Waals surface area contributed by atoms with Crippen molar-refractivity contribution in [3.63, 3.8) is 0 Å². The number of esters is 1. The van der Waals surface area contributed by atoms with E-state index in [4.69, 9.17) is 13.7 Å². The van der Waals surface area contributed by atoms with Gasteiger partial charge < -0.3 is 19.1 Å². The molecule has 1 atom stereocenters. The number of hydrogen-bond acceptors (Lipinski definition) is 12. The minimum absolute atomic E-state index is 0.307. The maximum atomic E-state index is 12.3. The fraction of sp³-hybridized carbons (Fsp3) is 0.576. The lowest BCUT2D eigenvalue weighted by molar-refractivity contribution is -0.144. The number of amides is 1. The van der Waals surface area contributed by atoms with E-state index in [1.54, 1.807) is 0 Å². The van der Waals surface area contributed by atoms with Crippen LogP contribution in [0.1, 0.15) is 53.4 Å². The van der Waals surface area contributed by atoms with Gasteiger partial charge in [0.15, 0.2) is 0 Å².